The highest BCUT2D eigenvalue weighted by Crippen LogP contribution is 2.40. The Morgan fingerprint density at radius 1 is 1.12 bits per heavy atom. The smallest absolute Gasteiger partial charge is 0.340 e. The van der Waals surface area contributed by atoms with Gasteiger partial charge in [0.25, 0.3) is 0 Å². The molecule has 6 rings (SSSR count). The number of nitrogens with zero attached hydrogens (tertiary/aromatic N) is 1. The van der Waals surface area contributed by atoms with Gasteiger partial charge in [0.05, 0.1) is 17.7 Å². The first kappa shape index (κ1) is 17.5. The maximum atomic E-state index is 12.7. The number of carbonyl (C=O) groups is 1. The van der Waals surface area contributed by atoms with Gasteiger partial charge in [-0.2, -0.15) is 0 Å². The van der Waals surface area contributed by atoms with Crippen molar-refractivity contribution in [3.05, 3.63) is 23.9 Å². The summed E-state index contributed by atoms with van der Waals surface area (Å²) in [6, 6.07) is 3.75. The molecule has 1 aromatic carbocycles. The third-order valence-electron chi connectivity index (χ3n) is 5.95. The zero-order valence-electron chi connectivity index (χ0n) is 14.6. The predicted molar refractivity (Wildman–Crippen MR) is 99.5 cm³/mol. The van der Waals surface area contributed by atoms with Crippen molar-refractivity contribution >= 4 is 29.3 Å². The monoisotopic (exact) mass is 378 g/mol. The van der Waals surface area contributed by atoms with Crippen LogP contribution in [0.2, 0.25) is 0 Å². The van der Waals surface area contributed by atoms with E-state index in [1.54, 1.807) is 6.20 Å². The van der Waals surface area contributed by atoms with Crippen molar-refractivity contribution in [3.63, 3.8) is 0 Å². The summed E-state index contributed by atoms with van der Waals surface area (Å²) in [5.41, 5.74) is 1.61. The van der Waals surface area contributed by atoms with Gasteiger partial charge in [-0.25, -0.2) is 4.79 Å². The molecule has 4 aliphatic rings. The highest BCUT2D eigenvalue weighted by atomic mass is 35.5. The number of aromatic nitrogens is 1. The van der Waals surface area contributed by atoms with Crippen molar-refractivity contribution < 1.29 is 19.0 Å². The van der Waals surface area contributed by atoms with E-state index in [4.69, 9.17) is 14.2 Å². The number of hydrogen-bond donors (Lipinski definition) is 1. The molecule has 0 radical (unpaired) electrons. The maximum absolute atomic E-state index is 12.7. The average Bonchev–Trinajstić information content (AvgIpc) is 3.08. The molecule has 3 fully saturated rings. The van der Waals surface area contributed by atoms with Crippen LogP contribution in [0.1, 0.15) is 29.6 Å². The molecule has 0 unspecified atom stereocenters. The van der Waals surface area contributed by atoms with Gasteiger partial charge in [-0.15, -0.1) is 12.4 Å². The van der Waals surface area contributed by atoms with E-state index in [9.17, 15) is 4.79 Å². The van der Waals surface area contributed by atoms with Crippen LogP contribution < -0.4 is 9.47 Å². The fourth-order valence-corrected chi connectivity index (χ4v) is 4.24. The molecule has 0 spiro atoms. The molecule has 4 aliphatic heterocycles. The zero-order valence-corrected chi connectivity index (χ0v) is 15.4. The topological polar surface area (TPSA) is 63.8 Å². The maximum Gasteiger partial charge on any atom is 0.340 e. The highest BCUT2D eigenvalue weighted by Gasteiger charge is 2.40. The Hall–Kier alpha value is -1.92. The Labute approximate surface area is 158 Å². The molecule has 7 heteroatoms. The number of piperidine rings is 3. The minimum absolute atomic E-state index is 0. The van der Waals surface area contributed by atoms with E-state index in [1.165, 1.54) is 0 Å². The highest BCUT2D eigenvalue weighted by molar-refractivity contribution is 6.05. The number of halogens is 1. The van der Waals surface area contributed by atoms with Gasteiger partial charge in [-0.1, -0.05) is 0 Å². The van der Waals surface area contributed by atoms with Crippen molar-refractivity contribution in [2.24, 2.45) is 5.41 Å². The number of aromatic amines is 1. The summed E-state index contributed by atoms with van der Waals surface area (Å²) in [5.74, 6) is 1.14. The summed E-state index contributed by atoms with van der Waals surface area (Å²) in [5, 5.41) is 0.824. The second-order valence-electron chi connectivity index (χ2n) is 7.41. The fourth-order valence-electron chi connectivity index (χ4n) is 4.24. The average molecular weight is 379 g/mol. The summed E-state index contributed by atoms with van der Waals surface area (Å²) in [6.45, 7) is 5.00. The normalized spacial score (nSPS) is 26.4. The second-order valence-corrected chi connectivity index (χ2v) is 7.41. The van der Waals surface area contributed by atoms with E-state index in [2.05, 4.69) is 9.88 Å². The Morgan fingerprint density at radius 2 is 1.77 bits per heavy atom. The minimum atomic E-state index is -0.259. The first-order valence-electron chi connectivity index (χ1n) is 9.03. The Bertz CT molecular complexity index is 813. The number of H-pyrrole nitrogens is 1. The van der Waals surface area contributed by atoms with Gasteiger partial charge in [0.15, 0.2) is 11.5 Å². The van der Waals surface area contributed by atoms with Crippen LogP contribution in [-0.4, -0.2) is 55.3 Å². The third kappa shape index (κ3) is 2.91. The van der Waals surface area contributed by atoms with Crippen LogP contribution in [-0.2, 0) is 4.74 Å². The predicted octanol–water partition coefficient (Wildman–Crippen LogP) is 3.00. The minimum Gasteiger partial charge on any atom is -0.486 e. The molecule has 1 aromatic heterocycles. The molecule has 0 saturated carbocycles. The lowest BCUT2D eigenvalue weighted by Crippen LogP contribution is -2.50. The number of carbonyl (C=O) groups excluding carboxylic acids is 1. The number of ether oxygens (including phenoxy) is 3. The molecule has 0 atom stereocenters. The molecule has 5 heterocycles. The lowest BCUT2D eigenvalue weighted by molar-refractivity contribution is -0.0304. The molecule has 6 nitrogen and oxygen atoms in total. The molecule has 2 aromatic rings. The van der Waals surface area contributed by atoms with Gasteiger partial charge in [-0.3, -0.25) is 0 Å². The van der Waals surface area contributed by atoms with Crippen LogP contribution in [0.5, 0.6) is 11.5 Å². The first-order chi connectivity index (χ1) is 12.2. The van der Waals surface area contributed by atoms with E-state index >= 15 is 0 Å². The van der Waals surface area contributed by atoms with Gasteiger partial charge < -0.3 is 24.1 Å². The number of esters is 1. The first-order valence-corrected chi connectivity index (χ1v) is 9.03. The summed E-state index contributed by atoms with van der Waals surface area (Å²) in [6.07, 6.45) is 5.12. The van der Waals surface area contributed by atoms with E-state index in [0.29, 0.717) is 36.9 Å². The molecule has 2 bridgehead atoms. The summed E-state index contributed by atoms with van der Waals surface area (Å²) < 4.78 is 17.0. The summed E-state index contributed by atoms with van der Waals surface area (Å²) in [4.78, 5) is 18.3. The molecule has 26 heavy (non-hydrogen) atoms. The molecule has 0 aliphatic carbocycles. The lowest BCUT2D eigenvalue weighted by Gasteiger charge is -2.47. The van der Waals surface area contributed by atoms with E-state index in [-0.39, 0.29) is 23.8 Å². The quantitative estimate of drug-likeness (QED) is 0.832. The van der Waals surface area contributed by atoms with Crippen LogP contribution in [0.25, 0.3) is 10.9 Å². The van der Waals surface area contributed by atoms with Crippen LogP contribution in [0.15, 0.2) is 18.3 Å². The van der Waals surface area contributed by atoms with E-state index in [1.807, 2.05) is 12.1 Å². The van der Waals surface area contributed by atoms with Crippen LogP contribution in [0.3, 0.4) is 0 Å². The van der Waals surface area contributed by atoms with Crippen LogP contribution >= 0.6 is 12.4 Å². The summed E-state index contributed by atoms with van der Waals surface area (Å²) >= 11 is 0. The Morgan fingerprint density at radius 3 is 2.46 bits per heavy atom. The van der Waals surface area contributed by atoms with Gasteiger partial charge >= 0.3 is 5.97 Å². The van der Waals surface area contributed by atoms with Crippen molar-refractivity contribution in [2.45, 2.75) is 19.3 Å². The molecular weight excluding hydrogens is 356 g/mol. The van der Waals surface area contributed by atoms with Crippen molar-refractivity contribution in [1.82, 2.24) is 9.88 Å². The van der Waals surface area contributed by atoms with Gasteiger partial charge in [0.1, 0.15) is 13.2 Å². The Kier molecular flexibility index (Phi) is 4.49. The molecular formula is C19H23ClN2O4. The van der Waals surface area contributed by atoms with E-state index < -0.39 is 0 Å². The van der Waals surface area contributed by atoms with E-state index in [0.717, 1.165) is 49.8 Å². The van der Waals surface area contributed by atoms with Gasteiger partial charge in [-0.05, 0) is 45.0 Å². The molecule has 1 N–H and O–H groups in total. The molecule has 0 amide bonds. The molecule has 140 valence electrons. The van der Waals surface area contributed by atoms with Crippen molar-refractivity contribution in [1.29, 1.82) is 0 Å². The number of nitrogens with one attached hydrogen (secondary N) is 1. The van der Waals surface area contributed by atoms with Crippen LogP contribution in [0.4, 0.5) is 0 Å². The third-order valence-corrected chi connectivity index (χ3v) is 5.95. The lowest BCUT2D eigenvalue weighted by atomic mass is 9.73. The van der Waals surface area contributed by atoms with Crippen molar-refractivity contribution in [2.75, 3.05) is 39.5 Å². The van der Waals surface area contributed by atoms with Crippen molar-refractivity contribution in [3.8, 4) is 11.5 Å². The summed E-state index contributed by atoms with van der Waals surface area (Å²) in [7, 11) is 0. The number of fused-ring (bicyclic) bond motifs is 5. The van der Waals surface area contributed by atoms with Gasteiger partial charge in [0, 0.05) is 23.1 Å². The van der Waals surface area contributed by atoms with Gasteiger partial charge in [0.2, 0.25) is 0 Å². The van der Waals surface area contributed by atoms with Crippen LogP contribution in [0, 0.1) is 5.41 Å². The second kappa shape index (κ2) is 6.67. The largest absolute Gasteiger partial charge is 0.486 e. The Balaban J connectivity index is 0.00000168. The number of rotatable bonds is 3. The number of benzene rings is 1. The SMILES string of the molecule is Cl.O=C(OCC12CCN(CC1)CC2)c1c[nH]c2cc3c(cc12)OCCO3. The number of hydrogen-bond acceptors (Lipinski definition) is 5. The fraction of sp³-hybridized carbons (Fsp3) is 0.526. The zero-order chi connectivity index (χ0) is 16.9. The standard InChI is InChI=1S/C19H22N2O4.ClH/c22-18(25-12-19-1-4-21(5-2-19)6-3-19)14-11-20-15-10-17-16(9-13(14)15)23-7-8-24-17;/h9-11,20H,1-8,12H2;1H. The molecule has 3 saturated heterocycles.